The molecule has 25 heavy (non-hydrogen) atoms. The number of aliphatic hydroxyl groups is 2. The normalized spacial score (nSPS) is 12.0. The molecule has 0 aliphatic rings. The van der Waals surface area contributed by atoms with Crippen LogP contribution in [0.2, 0.25) is 0 Å². The van der Waals surface area contributed by atoms with Gasteiger partial charge in [0.1, 0.15) is 0 Å². The molecule has 0 rings (SSSR count). The molecule has 0 aliphatic heterocycles. The second kappa shape index (κ2) is 19.2. The minimum atomic E-state index is -0.405. The van der Waals surface area contributed by atoms with Crippen LogP contribution < -0.4 is 0 Å². The molecule has 0 aromatic heterocycles. The van der Waals surface area contributed by atoms with Crippen LogP contribution in [0.1, 0.15) is 25.7 Å². The number of hydrogen-bond donors (Lipinski definition) is 4. The van der Waals surface area contributed by atoms with E-state index >= 15 is 0 Å². The Balaban J connectivity index is 4.62. The van der Waals surface area contributed by atoms with Crippen LogP contribution in [0.5, 0.6) is 0 Å². The molecule has 0 aliphatic carbocycles. The molecule has 0 saturated heterocycles. The summed E-state index contributed by atoms with van der Waals surface area (Å²) in [5.41, 5.74) is -0.405. The van der Waals surface area contributed by atoms with Gasteiger partial charge in [-0.3, -0.25) is 0 Å². The second-order valence-corrected chi connectivity index (χ2v) is 6.91. The average Bonchev–Trinajstić information content (AvgIpc) is 2.63. The lowest BCUT2D eigenvalue weighted by molar-refractivity contribution is -0.108. The number of thiol groups is 2. The van der Waals surface area contributed by atoms with E-state index in [4.69, 9.17) is 29.2 Å². The Labute approximate surface area is 163 Å². The minimum Gasteiger partial charge on any atom is -0.396 e. The highest BCUT2D eigenvalue weighted by molar-refractivity contribution is 7.80. The smallest absolute Gasteiger partial charge is 0.0637 e. The third kappa shape index (κ3) is 15.2. The lowest BCUT2D eigenvalue weighted by atomic mass is 9.92. The Hall–Kier alpha value is 0.460. The van der Waals surface area contributed by atoms with Crippen LogP contribution in [0.4, 0.5) is 0 Å². The lowest BCUT2D eigenvalue weighted by Crippen LogP contribution is -2.42. The van der Waals surface area contributed by atoms with Crippen molar-refractivity contribution >= 4 is 25.3 Å². The molecule has 0 radical (unpaired) electrons. The minimum absolute atomic E-state index is 0.108. The monoisotopic (exact) mass is 400 g/mol. The van der Waals surface area contributed by atoms with Crippen molar-refractivity contribution in [1.82, 2.24) is 0 Å². The zero-order valence-electron chi connectivity index (χ0n) is 15.2. The Morgan fingerprint density at radius 3 is 1.16 bits per heavy atom. The summed E-state index contributed by atoms with van der Waals surface area (Å²) in [6.07, 6.45) is 2.97. The quantitative estimate of drug-likeness (QED) is 0.183. The van der Waals surface area contributed by atoms with E-state index in [-0.39, 0.29) is 13.2 Å². The Bertz CT molecular complexity index is 218. The van der Waals surface area contributed by atoms with Crippen molar-refractivity contribution < 1.29 is 29.2 Å². The summed E-state index contributed by atoms with van der Waals surface area (Å²) in [6.45, 7) is 4.28. The van der Waals surface area contributed by atoms with Crippen LogP contribution in [0, 0.1) is 5.41 Å². The topological polar surface area (TPSA) is 77.4 Å². The molecule has 8 heteroatoms. The fraction of sp³-hybridized carbons (Fsp3) is 1.00. The van der Waals surface area contributed by atoms with Crippen LogP contribution in [-0.2, 0) is 18.9 Å². The van der Waals surface area contributed by atoms with E-state index in [1.807, 2.05) is 0 Å². The predicted molar refractivity (Wildman–Crippen MR) is 106 cm³/mol. The van der Waals surface area contributed by atoms with Gasteiger partial charge in [-0.25, -0.2) is 0 Å². The number of ether oxygens (including phenoxy) is 4. The summed E-state index contributed by atoms with van der Waals surface area (Å²) in [6, 6.07) is 0. The standard InChI is InChI=1S/C17H36O6S2/c18-5-1-7-20-13-17(14-21-8-2-6-19,15-22-9-3-11-24)16-23-10-4-12-25/h18-19,24-25H,1-16H2. The fourth-order valence-electron chi connectivity index (χ4n) is 2.07. The van der Waals surface area contributed by atoms with Gasteiger partial charge < -0.3 is 29.2 Å². The maximum atomic E-state index is 8.90. The van der Waals surface area contributed by atoms with Crippen molar-refractivity contribution in [1.29, 1.82) is 0 Å². The fourth-order valence-corrected chi connectivity index (χ4v) is 2.33. The first-order chi connectivity index (χ1) is 12.2. The van der Waals surface area contributed by atoms with Crippen molar-refractivity contribution in [2.45, 2.75) is 25.7 Å². The summed E-state index contributed by atoms with van der Waals surface area (Å²) in [5, 5.41) is 17.8. The van der Waals surface area contributed by atoms with E-state index in [2.05, 4.69) is 25.3 Å². The summed E-state index contributed by atoms with van der Waals surface area (Å²) in [7, 11) is 0. The summed E-state index contributed by atoms with van der Waals surface area (Å²) >= 11 is 8.39. The predicted octanol–water partition coefficient (Wildman–Crippen LogP) is 1.44. The molecule has 0 aromatic rings. The molecule has 0 amide bonds. The molecular weight excluding hydrogens is 364 g/mol. The number of rotatable bonds is 20. The van der Waals surface area contributed by atoms with Crippen LogP contribution in [0.15, 0.2) is 0 Å². The highest BCUT2D eigenvalue weighted by Crippen LogP contribution is 2.21. The largest absolute Gasteiger partial charge is 0.396 e. The Kier molecular flexibility index (Phi) is 19.6. The Morgan fingerprint density at radius 1 is 0.560 bits per heavy atom. The van der Waals surface area contributed by atoms with Crippen molar-refractivity contribution in [3.63, 3.8) is 0 Å². The zero-order valence-corrected chi connectivity index (χ0v) is 17.0. The summed E-state index contributed by atoms with van der Waals surface area (Å²) in [5.74, 6) is 1.57. The van der Waals surface area contributed by atoms with Gasteiger partial charge in [-0.2, -0.15) is 25.3 Å². The first-order valence-electron chi connectivity index (χ1n) is 8.99. The van der Waals surface area contributed by atoms with Crippen LogP contribution in [0.3, 0.4) is 0 Å². The van der Waals surface area contributed by atoms with Crippen molar-refractivity contribution in [3.8, 4) is 0 Å². The lowest BCUT2D eigenvalue weighted by Gasteiger charge is -2.33. The zero-order chi connectivity index (χ0) is 18.6. The van der Waals surface area contributed by atoms with E-state index in [0.29, 0.717) is 65.7 Å². The third-order valence-electron chi connectivity index (χ3n) is 3.42. The third-order valence-corrected chi connectivity index (χ3v) is 4.05. The summed E-state index contributed by atoms with van der Waals surface area (Å²) < 4.78 is 23.1. The highest BCUT2D eigenvalue weighted by atomic mass is 32.1. The van der Waals surface area contributed by atoms with E-state index in [1.165, 1.54) is 0 Å². The first kappa shape index (κ1) is 25.5. The van der Waals surface area contributed by atoms with Gasteiger partial charge in [-0.15, -0.1) is 0 Å². The number of hydrogen-bond acceptors (Lipinski definition) is 8. The van der Waals surface area contributed by atoms with E-state index in [0.717, 1.165) is 24.3 Å². The van der Waals surface area contributed by atoms with Gasteiger partial charge in [-0.05, 0) is 37.2 Å². The maximum Gasteiger partial charge on any atom is 0.0637 e. The molecule has 0 aromatic carbocycles. The van der Waals surface area contributed by atoms with E-state index in [9.17, 15) is 0 Å². The maximum absolute atomic E-state index is 8.90. The first-order valence-corrected chi connectivity index (χ1v) is 10.3. The van der Waals surface area contributed by atoms with Crippen molar-refractivity contribution in [3.05, 3.63) is 0 Å². The van der Waals surface area contributed by atoms with Crippen molar-refractivity contribution in [2.24, 2.45) is 5.41 Å². The average molecular weight is 401 g/mol. The molecule has 6 nitrogen and oxygen atoms in total. The van der Waals surface area contributed by atoms with Gasteiger partial charge in [0, 0.05) is 39.6 Å². The van der Waals surface area contributed by atoms with Crippen LogP contribution in [0.25, 0.3) is 0 Å². The molecule has 0 bridgehead atoms. The van der Waals surface area contributed by atoms with Gasteiger partial charge in [0.25, 0.3) is 0 Å². The molecule has 0 atom stereocenters. The molecular formula is C17H36O6S2. The van der Waals surface area contributed by atoms with E-state index < -0.39 is 5.41 Å². The molecule has 0 saturated carbocycles. The molecule has 0 spiro atoms. The second-order valence-electron chi connectivity index (χ2n) is 6.02. The van der Waals surface area contributed by atoms with Crippen LogP contribution >= 0.6 is 25.3 Å². The van der Waals surface area contributed by atoms with Gasteiger partial charge in [0.2, 0.25) is 0 Å². The summed E-state index contributed by atoms with van der Waals surface area (Å²) in [4.78, 5) is 0. The van der Waals surface area contributed by atoms with Gasteiger partial charge >= 0.3 is 0 Å². The van der Waals surface area contributed by atoms with Crippen molar-refractivity contribution in [2.75, 3.05) is 77.6 Å². The Morgan fingerprint density at radius 2 is 0.880 bits per heavy atom. The highest BCUT2D eigenvalue weighted by Gasteiger charge is 2.32. The van der Waals surface area contributed by atoms with Crippen LogP contribution in [-0.4, -0.2) is 87.8 Å². The molecule has 0 heterocycles. The molecule has 0 unspecified atom stereocenters. The van der Waals surface area contributed by atoms with E-state index in [1.54, 1.807) is 0 Å². The van der Waals surface area contributed by atoms with Gasteiger partial charge in [0.15, 0.2) is 0 Å². The SMILES string of the molecule is OCCCOCC(COCCCO)(COCCCS)COCCCS. The molecule has 2 N–H and O–H groups in total. The molecule has 0 fully saturated rings. The molecule has 152 valence electrons. The van der Waals surface area contributed by atoms with Gasteiger partial charge in [-0.1, -0.05) is 0 Å². The number of aliphatic hydroxyl groups excluding tert-OH is 2. The van der Waals surface area contributed by atoms with Gasteiger partial charge in [0.05, 0.1) is 31.8 Å².